The van der Waals surface area contributed by atoms with Crippen molar-refractivity contribution in [3.05, 3.63) is 78.5 Å². The molecule has 0 spiro atoms. The number of hydrogen-bond donors (Lipinski definition) is 1. The molecule has 4 rings (SSSR count). The molecule has 0 aliphatic heterocycles. The van der Waals surface area contributed by atoms with E-state index in [1.165, 1.54) is 18.3 Å². The number of nitrogens with one attached hydrogen (secondary N) is 1. The highest BCUT2D eigenvalue weighted by Gasteiger charge is 2.24. The predicted molar refractivity (Wildman–Crippen MR) is 136 cm³/mol. The van der Waals surface area contributed by atoms with Crippen molar-refractivity contribution in [3.63, 3.8) is 0 Å². The molecule has 180 valence electrons. The van der Waals surface area contributed by atoms with Crippen LogP contribution in [0.5, 0.6) is 0 Å². The highest BCUT2D eigenvalue weighted by atomic mass is 32.1. The monoisotopic (exact) mass is 490 g/mol. The second-order valence-electron chi connectivity index (χ2n) is 7.88. The minimum absolute atomic E-state index is 0.127. The number of amides is 1. The Morgan fingerprint density at radius 2 is 1.77 bits per heavy atom. The first kappa shape index (κ1) is 24.2. The Labute approximate surface area is 207 Å². The van der Waals surface area contributed by atoms with Crippen LogP contribution in [-0.2, 0) is 25.6 Å². The van der Waals surface area contributed by atoms with Crippen LogP contribution in [0.3, 0.4) is 0 Å². The number of para-hydroxylation sites is 1. The van der Waals surface area contributed by atoms with Gasteiger partial charge in [-0.15, -0.1) is 11.3 Å². The third-order valence-electron chi connectivity index (χ3n) is 5.44. The Balaban J connectivity index is 1.40. The molecule has 1 atom stereocenters. The number of benzene rings is 2. The van der Waals surface area contributed by atoms with Gasteiger partial charge in [-0.25, -0.2) is 4.79 Å². The lowest BCUT2D eigenvalue weighted by Gasteiger charge is -2.14. The predicted octanol–water partition coefficient (Wildman–Crippen LogP) is 5.51. The number of fused-ring (bicyclic) bond motifs is 1. The van der Waals surface area contributed by atoms with Gasteiger partial charge in [0.05, 0.1) is 18.6 Å². The number of anilines is 1. The second kappa shape index (κ2) is 11.0. The summed E-state index contributed by atoms with van der Waals surface area (Å²) in [4.78, 5) is 38.5. The van der Waals surface area contributed by atoms with Crippen LogP contribution in [0.1, 0.15) is 30.6 Å². The van der Waals surface area contributed by atoms with Gasteiger partial charge in [-0.3, -0.25) is 9.59 Å². The largest absolute Gasteiger partial charge is 0.462 e. The van der Waals surface area contributed by atoms with Gasteiger partial charge in [-0.2, -0.15) is 0 Å². The molecule has 1 amide bonds. The van der Waals surface area contributed by atoms with Gasteiger partial charge in [0.15, 0.2) is 6.10 Å². The summed E-state index contributed by atoms with van der Waals surface area (Å²) in [5.74, 6) is -1.52. The molecule has 35 heavy (non-hydrogen) atoms. The summed E-state index contributed by atoms with van der Waals surface area (Å²) in [6, 6.07) is 21.1. The minimum Gasteiger partial charge on any atom is -0.462 e. The van der Waals surface area contributed by atoms with Gasteiger partial charge in [-0.05, 0) is 43.0 Å². The van der Waals surface area contributed by atoms with Crippen LogP contribution < -0.4 is 5.32 Å². The van der Waals surface area contributed by atoms with Gasteiger partial charge in [0.1, 0.15) is 5.00 Å². The number of rotatable bonds is 9. The van der Waals surface area contributed by atoms with Crippen LogP contribution in [0.2, 0.25) is 0 Å². The van der Waals surface area contributed by atoms with Crippen molar-refractivity contribution in [3.8, 4) is 10.4 Å². The average Bonchev–Trinajstić information content (AvgIpc) is 3.48. The molecule has 0 saturated carbocycles. The fourth-order valence-electron chi connectivity index (χ4n) is 3.66. The molecule has 2 aromatic carbocycles. The lowest BCUT2D eigenvalue weighted by molar-refractivity contribution is -0.153. The maximum atomic E-state index is 12.8. The third-order valence-corrected chi connectivity index (χ3v) is 6.54. The second-order valence-corrected chi connectivity index (χ2v) is 8.93. The lowest BCUT2D eigenvalue weighted by Crippen LogP contribution is -2.30. The van der Waals surface area contributed by atoms with E-state index in [-0.39, 0.29) is 18.6 Å². The minimum atomic E-state index is -1.03. The molecule has 2 heterocycles. The fourth-order valence-corrected chi connectivity index (χ4v) is 4.71. The molecule has 0 fully saturated rings. The van der Waals surface area contributed by atoms with E-state index < -0.39 is 23.9 Å². The number of hydrogen-bond acceptors (Lipinski definition) is 6. The van der Waals surface area contributed by atoms with E-state index in [0.717, 1.165) is 21.3 Å². The Morgan fingerprint density at radius 3 is 2.54 bits per heavy atom. The molecular weight excluding hydrogens is 464 g/mol. The summed E-state index contributed by atoms with van der Waals surface area (Å²) in [6.45, 7) is 3.89. The smallest absolute Gasteiger partial charge is 0.341 e. The lowest BCUT2D eigenvalue weighted by atomic mass is 10.1. The summed E-state index contributed by atoms with van der Waals surface area (Å²) in [6.07, 6.45) is 1.02. The number of carbonyl (C=O) groups is 3. The zero-order valence-electron chi connectivity index (χ0n) is 19.5. The maximum Gasteiger partial charge on any atom is 0.341 e. The summed E-state index contributed by atoms with van der Waals surface area (Å²) < 4.78 is 12.5. The summed E-state index contributed by atoms with van der Waals surface area (Å²) in [5, 5.41) is 4.19. The summed E-state index contributed by atoms with van der Waals surface area (Å²) >= 11 is 1.26. The Hall–Kier alpha value is -3.91. The standard InChI is InChI=1S/C27H26N2O5S/c1-3-33-27(32)21-17-23(20-10-5-4-6-11-20)35-26(21)28-25(31)18(2)34-24(30)14-16-29-15-13-19-9-7-8-12-22(19)29/h4-13,15,17-18H,3,14,16H2,1-2H3,(H,28,31)/t18-/m1/s1. The van der Waals surface area contributed by atoms with E-state index in [9.17, 15) is 14.4 Å². The molecular formula is C27H26N2O5S. The Morgan fingerprint density at radius 1 is 1.03 bits per heavy atom. The molecule has 0 aliphatic carbocycles. The zero-order valence-corrected chi connectivity index (χ0v) is 20.3. The first-order chi connectivity index (χ1) is 17.0. The van der Waals surface area contributed by atoms with Crippen LogP contribution in [0.15, 0.2) is 72.9 Å². The van der Waals surface area contributed by atoms with Crippen molar-refractivity contribution in [1.29, 1.82) is 0 Å². The van der Waals surface area contributed by atoms with Gasteiger partial charge in [0.2, 0.25) is 0 Å². The van der Waals surface area contributed by atoms with Crippen molar-refractivity contribution in [1.82, 2.24) is 4.57 Å². The molecule has 0 aliphatic rings. The number of nitrogens with zero attached hydrogens (tertiary/aromatic N) is 1. The molecule has 0 bridgehead atoms. The molecule has 0 radical (unpaired) electrons. The molecule has 0 saturated heterocycles. The van der Waals surface area contributed by atoms with Gasteiger partial charge < -0.3 is 19.4 Å². The number of thiophene rings is 1. The quantitative estimate of drug-likeness (QED) is 0.313. The van der Waals surface area contributed by atoms with Gasteiger partial charge in [0.25, 0.3) is 5.91 Å². The number of esters is 2. The zero-order chi connectivity index (χ0) is 24.8. The number of aromatic nitrogens is 1. The van der Waals surface area contributed by atoms with Crippen LogP contribution in [0.25, 0.3) is 21.3 Å². The number of ether oxygens (including phenoxy) is 2. The molecule has 0 unspecified atom stereocenters. The molecule has 1 N–H and O–H groups in total. The van der Waals surface area contributed by atoms with Gasteiger partial charge in [0, 0.05) is 23.1 Å². The highest BCUT2D eigenvalue weighted by Crippen LogP contribution is 2.36. The van der Waals surface area contributed by atoms with Crippen LogP contribution in [0.4, 0.5) is 5.00 Å². The maximum absolute atomic E-state index is 12.8. The topological polar surface area (TPSA) is 86.6 Å². The average molecular weight is 491 g/mol. The van der Waals surface area contributed by atoms with Crippen molar-refractivity contribution in [2.75, 3.05) is 11.9 Å². The van der Waals surface area contributed by atoms with Crippen molar-refractivity contribution >= 4 is 45.1 Å². The van der Waals surface area contributed by atoms with E-state index in [2.05, 4.69) is 5.32 Å². The van der Waals surface area contributed by atoms with Crippen molar-refractivity contribution < 1.29 is 23.9 Å². The van der Waals surface area contributed by atoms with Crippen molar-refractivity contribution in [2.24, 2.45) is 0 Å². The molecule has 7 nitrogen and oxygen atoms in total. The number of carbonyl (C=O) groups excluding carboxylic acids is 3. The number of aryl methyl sites for hydroxylation is 1. The molecule has 8 heteroatoms. The normalized spacial score (nSPS) is 11.7. The highest BCUT2D eigenvalue weighted by molar-refractivity contribution is 7.20. The van der Waals surface area contributed by atoms with Gasteiger partial charge >= 0.3 is 11.9 Å². The van der Waals surface area contributed by atoms with E-state index in [4.69, 9.17) is 9.47 Å². The first-order valence-electron chi connectivity index (χ1n) is 11.4. The summed E-state index contributed by atoms with van der Waals surface area (Å²) in [7, 11) is 0. The van der Waals surface area contributed by atoms with Crippen LogP contribution >= 0.6 is 11.3 Å². The first-order valence-corrected chi connectivity index (χ1v) is 12.2. The van der Waals surface area contributed by atoms with Crippen LogP contribution in [-0.4, -0.2) is 35.1 Å². The van der Waals surface area contributed by atoms with E-state index in [0.29, 0.717) is 11.5 Å². The summed E-state index contributed by atoms with van der Waals surface area (Å²) in [5.41, 5.74) is 2.21. The van der Waals surface area contributed by atoms with E-state index in [1.54, 1.807) is 13.0 Å². The van der Waals surface area contributed by atoms with E-state index >= 15 is 0 Å². The Kier molecular flexibility index (Phi) is 7.62. The van der Waals surface area contributed by atoms with Crippen LogP contribution in [0, 0.1) is 0 Å². The third kappa shape index (κ3) is 5.78. The molecule has 4 aromatic rings. The van der Waals surface area contributed by atoms with Gasteiger partial charge in [-0.1, -0.05) is 48.5 Å². The fraction of sp³-hybridized carbons (Fsp3) is 0.222. The van der Waals surface area contributed by atoms with E-state index in [1.807, 2.05) is 71.4 Å². The Bertz CT molecular complexity index is 1340. The SMILES string of the molecule is CCOC(=O)c1cc(-c2ccccc2)sc1NC(=O)[C@@H](C)OC(=O)CCn1ccc2ccccc21. The molecule has 2 aromatic heterocycles. The van der Waals surface area contributed by atoms with Crippen molar-refractivity contribution in [2.45, 2.75) is 32.9 Å².